The van der Waals surface area contributed by atoms with Crippen LogP contribution in [-0.2, 0) is 0 Å². The zero-order valence-corrected chi connectivity index (χ0v) is 8.25. The fourth-order valence-corrected chi connectivity index (χ4v) is 1.49. The Morgan fingerprint density at radius 1 is 1.62 bits per heavy atom. The highest BCUT2D eigenvalue weighted by molar-refractivity contribution is 5.87. The summed E-state index contributed by atoms with van der Waals surface area (Å²) >= 11 is 0. The molecule has 0 aliphatic heterocycles. The van der Waals surface area contributed by atoms with Gasteiger partial charge in [0.05, 0.1) is 11.1 Å². The van der Waals surface area contributed by atoms with Crippen molar-refractivity contribution in [2.75, 3.05) is 0 Å². The minimum absolute atomic E-state index is 0.0352. The summed E-state index contributed by atoms with van der Waals surface area (Å²) in [7, 11) is 0. The van der Waals surface area contributed by atoms with Crippen LogP contribution in [0, 0.1) is 17.0 Å². The van der Waals surface area contributed by atoms with E-state index in [1.165, 1.54) is 16.7 Å². The number of rotatable bonds is 2. The first-order chi connectivity index (χ1) is 7.50. The van der Waals surface area contributed by atoms with E-state index in [9.17, 15) is 14.9 Å². The molecule has 0 bridgehead atoms. The van der Waals surface area contributed by atoms with Crippen molar-refractivity contribution in [2.24, 2.45) is 0 Å². The number of fused-ring (bicyclic) bond motifs is 1. The number of hydrogen-bond acceptors (Lipinski definition) is 4. The first kappa shape index (κ1) is 10.1. The molecule has 0 aliphatic carbocycles. The number of pyridine rings is 1. The van der Waals surface area contributed by atoms with Gasteiger partial charge in [0, 0.05) is 12.3 Å². The van der Waals surface area contributed by atoms with Gasteiger partial charge in [0.15, 0.2) is 5.69 Å². The van der Waals surface area contributed by atoms with Gasteiger partial charge in [0.1, 0.15) is 0 Å². The average molecular weight is 221 g/mol. The van der Waals surface area contributed by atoms with Crippen LogP contribution in [0.1, 0.15) is 16.1 Å². The van der Waals surface area contributed by atoms with E-state index in [1.807, 2.05) is 0 Å². The van der Waals surface area contributed by atoms with E-state index in [0.717, 1.165) is 6.20 Å². The van der Waals surface area contributed by atoms with E-state index < -0.39 is 10.9 Å². The van der Waals surface area contributed by atoms with Gasteiger partial charge in [-0.25, -0.2) is 9.78 Å². The molecule has 7 nitrogen and oxygen atoms in total. The second kappa shape index (κ2) is 3.30. The normalized spacial score (nSPS) is 10.6. The summed E-state index contributed by atoms with van der Waals surface area (Å²) in [5.41, 5.74) is 0.335. The minimum atomic E-state index is -1.17. The minimum Gasteiger partial charge on any atom is -0.477 e. The SMILES string of the molecule is Cc1cc([N+](=O)[O-])c2ncc(C(=O)O)n2c1. The predicted octanol–water partition coefficient (Wildman–Crippen LogP) is 1.25. The van der Waals surface area contributed by atoms with Gasteiger partial charge in [-0.2, -0.15) is 0 Å². The van der Waals surface area contributed by atoms with Crippen LogP contribution in [0.2, 0.25) is 0 Å². The third kappa shape index (κ3) is 1.38. The monoisotopic (exact) mass is 221 g/mol. The summed E-state index contributed by atoms with van der Waals surface area (Å²) in [6.45, 7) is 1.65. The third-order valence-electron chi connectivity index (χ3n) is 2.14. The highest BCUT2D eigenvalue weighted by Gasteiger charge is 2.19. The van der Waals surface area contributed by atoms with E-state index in [1.54, 1.807) is 6.92 Å². The predicted molar refractivity (Wildman–Crippen MR) is 53.5 cm³/mol. The van der Waals surface area contributed by atoms with Gasteiger partial charge < -0.3 is 5.11 Å². The van der Waals surface area contributed by atoms with E-state index in [2.05, 4.69) is 4.98 Å². The lowest BCUT2D eigenvalue weighted by atomic mass is 10.3. The molecule has 16 heavy (non-hydrogen) atoms. The van der Waals surface area contributed by atoms with Gasteiger partial charge in [0.25, 0.3) is 0 Å². The second-order valence-corrected chi connectivity index (χ2v) is 3.30. The van der Waals surface area contributed by atoms with Crippen LogP contribution in [0.4, 0.5) is 5.69 Å². The van der Waals surface area contributed by atoms with Gasteiger partial charge >= 0.3 is 11.7 Å². The number of hydrogen-bond donors (Lipinski definition) is 1. The van der Waals surface area contributed by atoms with Crippen LogP contribution < -0.4 is 0 Å². The molecule has 0 radical (unpaired) electrons. The molecule has 0 aliphatic rings. The molecule has 2 aromatic heterocycles. The molecule has 7 heteroatoms. The van der Waals surface area contributed by atoms with Crippen LogP contribution in [0.3, 0.4) is 0 Å². The second-order valence-electron chi connectivity index (χ2n) is 3.30. The van der Waals surface area contributed by atoms with Crippen LogP contribution in [-0.4, -0.2) is 25.4 Å². The molecule has 0 atom stereocenters. The number of aromatic nitrogens is 2. The number of nitro groups is 1. The van der Waals surface area contributed by atoms with Crippen molar-refractivity contribution in [1.82, 2.24) is 9.38 Å². The summed E-state index contributed by atoms with van der Waals surface area (Å²) < 4.78 is 1.20. The molecular weight excluding hydrogens is 214 g/mol. The van der Waals surface area contributed by atoms with Crippen molar-refractivity contribution in [3.8, 4) is 0 Å². The van der Waals surface area contributed by atoms with Crippen molar-refractivity contribution in [3.63, 3.8) is 0 Å². The molecule has 2 aromatic rings. The molecule has 0 unspecified atom stereocenters. The third-order valence-corrected chi connectivity index (χ3v) is 2.14. The first-order valence-corrected chi connectivity index (χ1v) is 4.36. The molecule has 0 saturated heterocycles. The molecule has 0 spiro atoms. The number of carbonyl (C=O) groups is 1. The maximum absolute atomic E-state index is 10.8. The number of carboxylic acids is 1. The zero-order valence-electron chi connectivity index (χ0n) is 8.25. The topological polar surface area (TPSA) is 97.7 Å². The lowest BCUT2D eigenvalue weighted by Gasteiger charge is -2.00. The standard InChI is InChI=1S/C9H7N3O4/c1-5-2-6(12(15)16)8-10-3-7(9(13)14)11(8)4-5/h2-4H,1H3,(H,13,14). The molecular formula is C9H7N3O4. The van der Waals surface area contributed by atoms with Crippen LogP contribution in [0.15, 0.2) is 18.5 Å². The molecule has 1 N–H and O–H groups in total. The van der Waals surface area contributed by atoms with Crippen LogP contribution >= 0.6 is 0 Å². The van der Waals surface area contributed by atoms with Gasteiger partial charge in [-0.05, 0) is 12.5 Å². The lowest BCUT2D eigenvalue weighted by molar-refractivity contribution is -0.383. The average Bonchev–Trinajstić information content (AvgIpc) is 2.59. The van der Waals surface area contributed by atoms with E-state index in [-0.39, 0.29) is 17.0 Å². The summed E-state index contributed by atoms with van der Waals surface area (Å²) in [6, 6.07) is 1.36. The molecule has 2 rings (SSSR count). The van der Waals surface area contributed by atoms with E-state index in [4.69, 9.17) is 5.11 Å². The molecule has 0 aromatic carbocycles. The summed E-state index contributed by atoms with van der Waals surface area (Å²) in [5.74, 6) is -1.17. The van der Waals surface area contributed by atoms with Crippen molar-refractivity contribution in [3.05, 3.63) is 39.8 Å². The quantitative estimate of drug-likeness (QED) is 0.607. The Kier molecular flexibility index (Phi) is 2.08. The Hall–Kier alpha value is -2.44. The first-order valence-electron chi connectivity index (χ1n) is 4.36. The van der Waals surface area contributed by atoms with Crippen LogP contribution in [0.25, 0.3) is 5.65 Å². The molecule has 0 amide bonds. The summed E-state index contributed by atoms with van der Waals surface area (Å²) in [5, 5.41) is 19.6. The summed E-state index contributed by atoms with van der Waals surface area (Å²) in [4.78, 5) is 24.7. The Balaban J connectivity index is 2.86. The van der Waals surface area contributed by atoms with Crippen LogP contribution in [0.5, 0.6) is 0 Å². The van der Waals surface area contributed by atoms with Gasteiger partial charge in [0.2, 0.25) is 5.65 Å². The number of imidazole rings is 1. The number of aryl methyl sites for hydroxylation is 1. The fraction of sp³-hybridized carbons (Fsp3) is 0.111. The molecule has 0 saturated carbocycles. The van der Waals surface area contributed by atoms with Crippen molar-refractivity contribution < 1.29 is 14.8 Å². The Morgan fingerprint density at radius 3 is 2.88 bits per heavy atom. The smallest absolute Gasteiger partial charge is 0.354 e. The Labute approximate surface area is 89.1 Å². The number of nitrogens with zero attached hydrogens (tertiary/aromatic N) is 3. The number of carboxylic acid groups (broad SMARTS) is 1. The lowest BCUT2D eigenvalue weighted by Crippen LogP contribution is -2.03. The highest BCUT2D eigenvalue weighted by atomic mass is 16.6. The van der Waals surface area contributed by atoms with Gasteiger partial charge in [-0.3, -0.25) is 14.5 Å². The Morgan fingerprint density at radius 2 is 2.31 bits per heavy atom. The maximum atomic E-state index is 10.8. The molecule has 0 fully saturated rings. The maximum Gasteiger partial charge on any atom is 0.354 e. The zero-order chi connectivity index (χ0) is 11.9. The largest absolute Gasteiger partial charge is 0.477 e. The van der Waals surface area contributed by atoms with E-state index in [0.29, 0.717) is 5.56 Å². The molecule has 82 valence electrons. The summed E-state index contributed by atoms with van der Waals surface area (Å²) in [6.07, 6.45) is 2.60. The van der Waals surface area contributed by atoms with Crippen molar-refractivity contribution in [2.45, 2.75) is 6.92 Å². The van der Waals surface area contributed by atoms with E-state index >= 15 is 0 Å². The van der Waals surface area contributed by atoms with Crippen molar-refractivity contribution in [1.29, 1.82) is 0 Å². The fourth-order valence-electron chi connectivity index (χ4n) is 1.49. The highest BCUT2D eigenvalue weighted by Crippen LogP contribution is 2.21. The number of aromatic carboxylic acids is 1. The van der Waals surface area contributed by atoms with Gasteiger partial charge in [-0.1, -0.05) is 0 Å². The Bertz CT molecular complexity index is 602. The molecule has 2 heterocycles. The van der Waals surface area contributed by atoms with Crippen molar-refractivity contribution >= 4 is 17.3 Å². The van der Waals surface area contributed by atoms with Gasteiger partial charge in [-0.15, -0.1) is 0 Å².